The maximum atomic E-state index is 4.15. The normalized spacial score (nSPS) is 11.5. The second-order valence-corrected chi connectivity index (χ2v) is 5.44. The van der Waals surface area contributed by atoms with Crippen LogP contribution in [0.4, 0.5) is 0 Å². The summed E-state index contributed by atoms with van der Waals surface area (Å²) in [6, 6.07) is 0. The van der Waals surface area contributed by atoms with Crippen LogP contribution < -0.4 is 0 Å². The third-order valence-corrected chi connectivity index (χ3v) is 2.99. The molecule has 0 saturated heterocycles. The summed E-state index contributed by atoms with van der Waals surface area (Å²) in [5.74, 6) is 0. The molecule has 0 aliphatic heterocycles. The zero-order valence-electron chi connectivity index (χ0n) is 11.2. The van der Waals surface area contributed by atoms with Gasteiger partial charge >= 0.3 is 0 Å². The van der Waals surface area contributed by atoms with Crippen molar-refractivity contribution in [2.45, 2.75) is 66.2 Å². The Kier molecular flexibility index (Phi) is 6.63. The zero-order chi connectivity index (χ0) is 11.9. The van der Waals surface area contributed by atoms with Crippen molar-refractivity contribution in [3.8, 4) is 0 Å². The van der Waals surface area contributed by atoms with E-state index in [1.165, 1.54) is 36.8 Å². The monoisotopic (exact) mass is 208 g/mol. The molecule has 0 aliphatic rings. The Labute approximate surface area is 96.5 Å². The smallest absolute Gasteiger partial charge is 0.0271 e. The summed E-state index contributed by atoms with van der Waals surface area (Å²) < 4.78 is 0. The molecule has 0 bridgehead atoms. The van der Waals surface area contributed by atoms with Crippen molar-refractivity contribution >= 4 is 0 Å². The molecule has 0 saturated carbocycles. The number of allylic oxidation sites excluding steroid dienone is 2. The molecular weight excluding hydrogens is 180 g/mol. The molecule has 15 heavy (non-hydrogen) atoms. The minimum atomic E-state index is 0.393. The van der Waals surface area contributed by atoms with E-state index in [1.54, 1.807) is 0 Å². The molecule has 0 aliphatic carbocycles. The molecule has 0 spiro atoms. The van der Waals surface area contributed by atoms with Crippen molar-refractivity contribution in [1.82, 2.24) is 0 Å². The van der Waals surface area contributed by atoms with Crippen LogP contribution >= 0.6 is 0 Å². The van der Waals surface area contributed by atoms with Gasteiger partial charge in [-0.05, 0) is 37.5 Å². The van der Waals surface area contributed by atoms with Gasteiger partial charge in [-0.2, -0.15) is 0 Å². The highest BCUT2D eigenvalue weighted by Crippen LogP contribution is 2.32. The predicted octanol–water partition coefficient (Wildman–Crippen LogP) is 5.51. The lowest BCUT2D eigenvalue weighted by molar-refractivity contribution is 0.327. The van der Waals surface area contributed by atoms with E-state index in [9.17, 15) is 0 Å². The van der Waals surface area contributed by atoms with Gasteiger partial charge in [0, 0.05) is 0 Å². The molecule has 0 amide bonds. The lowest BCUT2D eigenvalue weighted by atomic mass is 9.80. The van der Waals surface area contributed by atoms with Gasteiger partial charge in [-0.1, -0.05) is 58.4 Å². The average Bonchev–Trinajstić information content (AvgIpc) is 2.13. The van der Waals surface area contributed by atoms with Crippen LogP contribution in [-0.4, -0.2) is 0 Å². The Bertz CT molecular complexity index is 208. The highest BCUT2D eigenvalue weighted by atomic mass is 14.2. The summed E-state index contributed by atoms with van der Waals surface area (Å²) in [7, 11) is 0. The van der Waals surface area contributed by atoms with Crippen molar-refractivity contribution < 1.29 is 0 Å². The van der Waals surface area contributed by atoms with Crippen LogP contribution in [0.3, 0.4) is 0 Å². The molecule has 0 heterocycles. The number of hydrogen-bond acceptors (Lipinski definition) is 0. The van der Waals surface area contributed by atoms with Gasteiger partial charge in [-0.15, -0.1) is 0 Å². The van der Waals surface area contributed by atoms with E-state index >= 15 is 0 Å². The van der Waals surface area contributed by atoms with E-state index in [0.717, 1.165) is 12.8 Å². The molecular formula is C15H28. The minimum Gasteiger partial charge on any atom is -0.0999 e. The summed E-state index contributed by atoms with van der Waals surface area (Å²) in [4.78, 5) is 0. The second-order valence-electron chi connectivity index (χ2n) is 5.44. The Hall–Kier alpha value is -0.520. The molecule has 0 nitrogen and oxygen atoms in total. The first-order valence-corrected chi connectivity index (χ1v) is 6.24. The van der Waals surface area contributed by atoms with Crippen molar-refractivity contribution in [3.63, 3.8) is 0 Å². The Morgan fingerprint density at radius 3 is 2.07 bits per heavy atom. The Morgan fingerprint density at radius 2 is 1.60 bits per heavy atom. The van der Waals surface area contributed by atoms with Gasteiger partial charge in [-0.25, -0.2) is 0 Å². The predicted molar refractivity (Wildman–Crippen MR) is 71.1 cm³/mol. The molecule has 0 radical (unpaired) electrons. The molecule has 0 atom stereocenters. The minimum absolute atomic E-state index is 0.393. The maximum absolute atomic E-state index is 4.15. The maximum Gasteiger partial charge on any atom is -0.0271 e. The molecule has 0 N–H and O–H groups in total. The molecule has 0 unspecified atom stereocenters. The van der Waals surface area contributed by atoms with Gasteiger partial charge in [0.1, 0.15) is 0 Å². The first-order chi connectivity index (χ1) is 6.91. The number of rotatable bonds is 8. The highest BCUT2D eigenvalue weighted by Gasteiger charge is 2.18. The van der Waals surface area contributed by atoms with E-state index in [2.05, 4.69) is 40.9 Å². The summed E-state index contributed by atoms with van der Waals surface area (Å²) in [6.45, 7) is 17.3. The van der Waals surface area contributed by atoms with Gasteiger partial charge in [0.15, 0.2) is 0 Å². The topological polar surface area (TPSA) is 0 Å². The zero-order valence-corrected chi connectivity index (χ0v) is 11.2. The van der Waals surface area contributed by atoms with E-state index < -0.39 is 0 Å². The van der Waals surface area contributed by atoms with E-state index in [0.29, 0.717) is 5.41 Å². The second kappa shape index (κ2) is 6.87. The lowest BCUT2D eigenvalue weighted by Gasteiger charge is -2.26. The molecule has 0 heteroatoms. The lowest BCUT2D eigenvalue weighted by Crippen LogP contribution is -2.12. The van der Waals surface area contributed by atoms with Gasteiger partial charge < -0.3 is 0 Å². The largest absolute Gasteiger partial charge is 0.0999 e. The first kappa shape index (κ1) is 14.5. The van der Waals surface area contributed by atoms with Crippen molar-refractivity contribution in [1.29, 1.82) is 0 Å². The SMILES string of the molecule is C=C(CC)CCC(C)(C)CC(=C)CCC. The standard InChI is InChI=1S/C15H28/c1-7-9-14(4)12-15(5,6)11-10-13(3)8-2/h3-4,7-12H2,1-2,5-6H3. The third-order valence-electron chi connectivity index (χ3n) is 2.99. The quantitative estimate of drug-likeness (QED) is 0.462. The van der Waals surface area contributed by atoms with Crippen LogP contribution in [0.5, 0.6) is 0 Å². The van der Waals surface area contributed by atoms with Crippen LogP contribution in [0.1, 0.15) is 66.2 Å². The molecule has 0 rings (SSSR count). The molecule has 0 fully saturated rings. The van der Waals surface area contributed by atoms with Gasteiger partial charge in [0.05, 0.1) is 0 Å². The van der Waals surface area contributed by atoms with Crippen molar-refractivity contribution in [2.24, 2.45) is 5.41 Å². The van der Waals surface area contributed by atoms with Gasteiger partial charge in [0.2, 0.25) is 0 Å². The fourth-order valence-corrected chi connectivity index (χ4v) is 1.90. The Balaban J connectivity index is 3.95. The van der Waals surface area contributed by atoms with E-state index in [-0.39, 0.29) is 0 Å². The molecule has 88 valence electrons. The summed E-state index contributed by atoms with van der Waals surface area (Å²) in [5, 5.41) is 0. The fraction of sp³-hybridized carbons (Fsp3) is 0.733. The summed E-state index contributed by atoms with van der Waals surface area (Å²) >= 11 is 0. The van der Waals surface area contributed by atoms with Crippen LogP contribution in [0, 0.1) is 5.41 Å². The summed E-state index contributed by atoms with van der Waals surface area (Å²) in [5.41, 5.74) is 3.18. The summed E-state index contributed by atoms with van der Waals surface area (Å²) in [6.07, 6.45) is 7.09. The Morgan fingerprint density at radius 1 is 1.00 bits per heavy atom. The average molecular weight is 208 g/mol. The van der Waals surface area contributed by atoms with Crippen LogP contribution in [0.15, 0.2) is 24.3 Å². The fourth-order valence-electron chi connectivity index (χ4n) is 1.90. The molecule has 0 aromatic rings. The van der Waals surface area contributed by atoms with Crippen molar-refractivity contribution in [2.75, 3.05) is 0 Å². The first-order valence-electron chi connectivity index (χ1n) is 6.24. The van der Waals surface area contributed by atoms with Gasteiger partial charge in [0.25, 0.3) is 0 Å². The highest BCUT2D eigenvalue weighted by molar-refractivity contribution is 5.00. The van der Waals surface area contributed by atoms with E-state index in [4.69, 9.17) is 0 Å². The molecule has 0 aromatic carbocycles. The van der Waals surface area contributed by atoms with Gasteiger partial charge in [-0.3, -0.25) is 0 Å². The van der Waals surface area contributed by atoms with Crippen LogP contribution in [0.2, 0.25) is 0 Å². The third kappa shape index (κ3) is 7.41. The van der Waals surface area contributed by atoms with Crippen LogP contribution in [-0.2, 0) is 0 Å². The van der Waals surface area contributed by atoms with E-state index in [1.807, 2.05) is 0 Å². The van der Waals surface area contributed by atoms with Crippen molar-refractivity contribution in [3.05, 3.63) is 24.3 Å². The molecule has 0 aromatic heterocycles. The van der Waals surface area contributed by atoms with Crippen LogP contribution in [0.25, 0.3) is 0 Å². The number of hydrogen-bond donors (Lipinski definition) is 0.